The second-order valence-corrected chi connectivity index (χ2v) is 15.9. The molecule has 318 valence electrons. The van der Waals surface area contributed by atoms with E-state index in [0.29, 0.717) is 11.1 Å². The van der Waals surface area contributed by atoms with Crippen molar-refractivity contribution in [3.8, 4) is 0 Å². The lowest BCUT2D eigenvalue weighted by Crippen LogP contribution is -2.32. The van der Waals surface area contributed by atoms with E-state index < -0.39 is 47.3 Å². The van der Waals surface area contributed by atoms with Crippen molar-refractivity contribution >= 4 is 139 Å². The maximum absolute atomic E-state index is 13.4. The number of hydrogen-bond acceptors (Lipinski definition) is 10. The Morgan fingerprint density at radius 1 is 0.484 bits per heavy atom. The molecule has 62 heavy (non-hydrogen) atoms. The summed E-state index contributed by atoms with van der Waals surface area (Å²) in [5, 5.41) is 27.6. The van der Waals surface area contributed by atoms with Gasteiger partial charge in [-0.25, -0.2) is 0 Å². The minimum Gasteiger partial charge on any atom is -0.324 e. The smallest absolute Gasteiger partial charge is 0.258 e. The van der Waals surface area contributed by atoms with E-state index in [9.17, 15) is 28.8 Å². The molecule has 0 aliphatic heterocycles. The van der Waals surface area contributed by atoms with Gasteiger partial charge in [0.25, 0.3) is 23.6 Å². The molecule has 0 saturated heterocycles. The van der Waals surface area contributed by atoms with Crippen molar-refractivity contribution in [3.63, 3.8) is 0 Å². The van der Waals surface area contributed by atoms with E-state index in [4.69, 9.17) is 69.6 Å². The zero-order valence-electron chi connectivity index (χ0n) is 32.7. The van der Waals surface area contributed by atoms with Crippen LogP contribution in [-0.4, -0.2) is 47.3 Å². The number of nitrogens with one attached hydrogen (secondary N) is 4. The number of ketones is 2. The fourth-order valence-corrected chi connectivity index (χ4v) is 6.64. The molecule has 0 radical (unpaired) electrons. The molecule has 5 rings (SSSR count). The molecule has 4 N–H and O–H groups in total. The molecule has 0 spiro atoms. The Morgan fingerprint density at radius 2 is 0.855 bits per heavy atom. The number of anilines is 4. The van der Waals surface area contributed by atoms with E-state index >= 15 is 0 Å². The van der Waals surface area contributed by atoms with Crippen molar-refractivity contribution in [3.05, 3.63) is 137 Å². The van der Waals surface area contributed by atoms with Gasteiger partial charge in [0, 0.05) is 32.5 Å². The molecule has 0 bridgehead atoms. The Balaban J connectivity index is 1.27. The molecule has 5 aromatic carbocycles. The lowest BCUT2D eigenvalue weighted by molar-refractivity contribution is -0.127. The Morgan fingerprint density at radius 3 is 1.21 bits per heavy atom. The number of hydrogen-bond donors (Lipinski definition) is 4. The molecule has 2 atom stereocenters. The maximum atomic E-state index is 13.4. The zero-order chi connectivity index (χ0) is 45.4. The predicted octanol–water partition coefficient (Wildman–Crippen LogP) is 12.1. The van der Waals surface area contributed by atoms with E-state index in [1.165, 1.54) is 36.4 Å². The van der Waals surface area contributed by atoms with Crippen molar-refractivity contribution in [2.24, 2.45) is 20.5 Å². The van der Waals surface area contributed by atoms with E-state index in [1.807, 2.05) is 0 Å². The molecular weight excluding hydrogens is 925 g/mol. The number of azo groups is 2. The molecule has 14 nitrogen and oxygen atoms in total. The van der Waals surface area contributed by atoms with E-state index in [0.717, 1.165) is 13.8 Å². The summed E-state index contributed by atoms with van der Waals surface area (Å²) in [6, 6.07) is 17.6. The van der Waals surface area contributed by atoms with Gasteiger partial charge < -0.3 is 21.3 Å². The summed E-state index contributed by atoms with van der Waals surface area (Å²) in [6.07, 6.45) is 0. The van der Waals surface area contributed by atoms with Crippen LogP contribution >= 0.6 is 69.6 Å². The standard InChI is InChI=1S/C42H32Cl6N8O6/c1-19-11-34(52-42(62)38(22(4)58)56-54-28-16-24(14-26(44)18-28)40(60)50-32-10-6-8-30(46)36(32)48)20(2)12-33(19)51-41(61)37(21(3)57)55-53-27-15-23(13-25(43)17-27)39(59)49-31-9-5-7-29(45)35(31)47/h5-18,37-38H,1-4H3,(H,49,59)(H,50,60)(H,51,61)(H,52,62). The largest absolute Gasteiger partial charge is 0.324 e. The Kier molecular flexibility index (Phi) is 15.9. The summed E-state index contributed by atoms with van der Waals surface area (Å²) in [6.45, 7) is 5.60. The van der Waals surface area contributed by atoms with Crippen LogP contribution in [0.3, 0.4) is 0 Å². The van der Waals surface area contributed by atoms with Crippen LogP contribution in [0.2, 0.25) is 30.1 Å². The molecule has 0 heterocycles. The van der Waals surface area contributed by atoms with Gasteiger partial charge in [-0.05, 0) is 112 Å². The molecule has 0 aliphatic rings. The fraction of sp³-hybridized carbons (Fsp3) is 0.143. The minimum atomic E-state index is -1.59. The van der Waals surface area contributed by atoms with Crippen molar-refractivity contribution < 1.29 is 28.8 Å². The van der Waals surface area contributed by atoms with Crippen LogP contribution in [0.5, 0.6) is 0 Å². The lowest BCUT2D eigenvalue weighted by atomic mass is 10.1. The number of aryl methyl sites for hydroxylation is 2. The third-order valence-electron chi connectivity index (χ3n) is 8.62. The quantitative estimate of drug-likeness (QED) is 0.0630. The van der Waals surface area contributed by atoms with Gasteiger partial charge in [0.05, 0.1) is 42.8 Å². The van der Waals surface area contributed by atoms with Gasteiger partial charge in [0.2, 0.25) is 12.1 Å². The topological polar surface area (TPSA) is 200 Å². The van der Waals surface area contributed by atoms with E-state index in [2.05, 4.69) is 41.7 Å². The molecular formula is C42H32Cl6N8O6. The van der Waals surface area contributed by atoms with Crippen LogP contribution in [0.1, 0.15) is 45.7 Å². The monoisotopic (exact) mass is 954 g/mol. The molecule has 2 unspecified atom stereocenters. The highest BCUT2D eigenvalue weighted by Gasteiger charge is 2.26. The van der Waals surface area contributed by atoms with Gasteiger partial charge in [-0.3, -0.25) is 28.8 Å². The Hall–Kier alpha value is -5.74. The number of benzene rings is 5. The number of rotatable bonds is 14. The molecule has 20 heteroatoms. The first-order valence-corrected chi connectivity index (χ1v) is 20.3. The van der Waals surface area contributed by atoms with Crippen LogP contribution in [0.15, 0.2) is 105 Å². The van der Waals surface area contributed by atoms with Gasteiger partial charge >= 0.3 is 0 Å². The van der Waals surface area contributed by atoms with Crippen molar-refractivity contribution in [1.29, 1.82) is 0 Å². The SMILES string of the molecule is CC(=O)C(N=Nc1cc(Cl)cc(C(=O)Nc2cccc(Cl)c2Cl)c1)C(=O)Nc1cc(C)c(NC(=O)C(N=Nc2cc(Cl)cc(C(=O)Nc3cccc(Cl)c3Cl)c2)C(C)=O)cc1C. The fourth-order valence-electron chi connectivity index (χ4n) is 5.49. The van der Waals surface area contributed by atoms with Gasteiger partial charge in [0.1, 0.15) is 0 Å². The average Bonchev–Trinajstić information content (AvgIpc) is 3.19. The summed E-state index contributed by atoms with van der Waals surface area (Å²) in [5.41, 5.74) is 2.36. The van der Waals surface area contributed by atoms with Gasteiger partial charge in [-0.15, -0.1) is 0 Å². The minimum absolute atomic E-state index is 0.0785. The molecule has 0 aromatic heterocycles. The number of carbonyl (C=O) groups excluding carboxylic acids is 6. The van der Waals surface area contributed by atoms with Crippen molar-refractivity contribution in [2.45, 2.75) is 39.8 Å². The van der Waals surface area contributed by atoms with Crippen LogP contribution in [-0.2, 0) is 19.2 Å². The Labute approximate surface area is 384 Å². The molecule has 0 aliphatic carbocycles. The van der Waals surface area contributed by atoms with Crippen molar-refractivity contribution in [2.75, 3.05) is 21.3 Å². The van der Waals surface area contributed by atoms with Crippen LogP contribution < -0.4 is 21.3 Å². The number of amides is 4. The molecule has 4 amide bonds. The second-order valence-electron chi connectivity index (χ2n) is 13.4. The first-order chi connectivity index (χ1) is 29.3. The third kappa shape index (κ3) is 12.2. The first-order valence-electron chi connectivity index (χ1n) is 18.0. The van der Waals surface area contributed by atoms with E-state index in [1.54, 1.807) is 62.4 Å². The van der Waals surface area contributed by atoms with Gasteiger partial charge in [-0.1, -0.05) is 81.7 Å². The van der Waals surface area contributed by atoms with Gasteiger partial charge in [-0.2, -0.15) is 20.5 Å². The molecule has 0 saturated carbocycles. The highest BCUT2D eigenvalue weighted by Crippen LogP contribution is 2.33. The zero-order valence-corrected chi connectivity index (χ0v) is 37.3. The lowest BCUT2D eigenvalue weighted by Gasteiger charge is -2.16. The molecule has 0 fully saturated rings. The van der Waals surface area contributed by atoms with Crippen LogP contribution in [0, 0.1) is 13.8 Å². The number of halogens is 6. The van der Waals surface area contributed by atoms with Crippen LogP contribution in [0.4, 0.5) is 34.1 Å². The average molecular weight is 957 g/mol. The second kappa shape index (κ2) is 20.9. The van der Waals surface area contributed by atoms with E-state index in [-0.39, 0.29) is 75.4 Å². The molecule has 5 aromatic rings. The highest BCUT2D eigenvalue weighted by molar-refractivity contribution is 6.44. The Bertz CT molecular complexity index is 2530. The van der Waals surface area contributed by atoms with Crippen molar-refractivity contribution in [1.82, 2.24) is 0 Å². The number of nitrogens with zero attached hydrogens (tertiary/aromatic N) is 4. The third-order valence-corrected chi connectivity index (χ3v) is 10.7. The number of Topliss-reactive ketones (excluding diaryl/α,β-unsaturated/α-hetero) is 2. The summed E-state index contributed by atoms with van der Waals surface area (Å²) in [7, 11) is 0. The normalized spacial score (nSPS) is 12.2. The van der Waals surface area contributed by atoms with Crippen LogP contribution in [0.25, 0.3) is 0 Å². The summed E-state index contributed by atoms with van der Waals surface area (Å²) < 4.78 is 0. The summed E-state index contributed by atoms with van der Waals surface area (Å²) in [5.74, 6) is -4.07. The predicted molar refractivity (Wildman–Crippen MR) is 243 cm³/mol. The first kappa shape index (κ1) is 47.3. The maximum Gasteiger partial charge on any atom is 0.258 e. The van der Waals surface area contributed by atoms with Gasteiger partial charge in [0.15, 0.2) is 11.6 Å². The summed E-state index contributed by atoms with van der Waals surface area (Å²) in [4.78, 5) is 77.9. The highest BCUT2D eigenvalue weighted by atomic mass is 35.5. The summed E-state index contributed by atoms with van der Waals surface area (Å²) >= 11 is 37.0. The number of carbonyl (C=O) groups is 6.